The number of rotatable bonds is 6. The maximum atomic E-state index is 15.0. The molecule has 2 aliphatic carbocycles. The second-order valence-electron chi connectivity index (χ2n) is 9.94. The van der Waals surface area contributed by atoms with E-state index in [1.54, 1.807) is 17.4 Å². The molecule has 3 aromatic rings. The molecule has 2 aliphatic rings. The van der Waals surface area contributed by atoms with Gasteiger partial charge in [-0.25, -0.2) is 4.39 Å². The molecular formula is C28H28FNO3S. The zero-order valence-corrected chi connectivity index (χ0v) is 20.2. The minimum Gasteiger partial charge on any atom is -0.481 e. The van der Waals surface area contributed by atoms with Crippen LogP contribution in [0.1, 0.15) is 56.9 Å². The highest BCUT2D eigenvalue weighted by molar-refractivity contribution is 7.12. The van der Waals surface area contributed by atoms with Crippen molar-refractivity contribution in [1.82, 2.24) is 5.32 Å². The van der Waals surface area contributed by atoms with E-state index in [0.717, 1.165) is 52.1 Å². The van der Waals surface area contributed by atoms with Gasteiger partial charge in [-0.3, -0.25) is 9.59 Å². The van der Waals surface area contributed by atoms with Gasteiger partial charge >= 0.3 is 5.97 Å². The third kappa shape index (κ3) is 4.16. The first kappa shape index (κ1) is 22.8. The van der Waals surface area contributed by atoms with Crippen LogP contribution >= 0.6 is 11.3 Å². The second kappa shape index (κ2) is 8.66. The Labute approximate surface area is 202 Å². The predicted octanol–water partition coefficient (Wildman–Crippen LogP) is 6.14. The number of aliphatic carboxylic acids is 1. The van der Waals surface area contributed by atoms with Gasteiger partial charge in [0.15, 0.2) is 0 Å². The summed E-state index contributed by atoms with van der Waals surface area (Å²) in [6.45, 7) is 3.93. The topological polar surface area (TPSA) is 66.4 Å². The van der Waals surface area contributed by atoms with Gasteiger partial charge in [-0.05, 0) is 73.3 Å². The molecule has 2 saturated carbocycles. The Hall–Kier alpha value is -2.99. The van der Waals surface area contributed by atoms with E-state index in [-0.39, 0.29) is 29.1 Å². The van der Waals surface area contributed by atoms with E-state index < -0.39 is 5.97 Å². The molecule has 0 radical (unpaired) electrons. The quantitative estimate of drug-likeness (QED) is 0.448. The predicted molar refractivity (Wildman–Crippen MR) is 132 cm³/mol. The maximum Gasteiger partial charge on any atom is 0.306 e. The highest BCUT2D eigenvalue weighted by Gasteiger charge is 2.55. The first-order valence-corrected chi connectivity index (χ1v) is 12.5. The maximum absolute atomic E-state index is 15.0. The van der Waals surface area contributed by atoms with E-state index in [9.17, 15) is 9.59 Å². The van der Waals surface area contributed by atoms with Gasteiger partial charge in [-0.1, -0.05) is 42.5 Å². The van der Waals surface area contributed by atoms with Crippen LogP contribution in [0.3, 0.4) is 0 Å². The number of hydrogen-bond acceptors (Lipinski definition) is 3. The number of thiophene rings is 1. The van der Waals surface area contributed by atoms with Gasteiger partial charge in [0.1, 0.15) is 5.82 Å². The number of hydrogen-bond donors (Lipinski definition) is 2. The summed E-state index contributed by atoms with van der Waals surface area (Å²) in [5.74, 6) is -1.31. The van der Waals surface area contributed by atoms with Crippen molar-refractivity contribution in [3.63, 3.8) is 0 Å². The summed E-state index contributed by atoms with van der Waals surface area (Å²) < 4.78 is 15.0. The third-order valence-electron chi connectivity index (χ3n) is 7.54. The summed E-state index contributed by atoms with van der Waals surface area (Å²) in [5.41, 5.74) is 4.02. The zero-order chi connectivity index (χ0) is 24.0. The van der Waals surface area contributed by atoms with Gasteiger partial charge in [-0.15, -0.1) is 11.3 Å². The van der Waals surface area contributed by atoms with Crippen molar-refractivity contribution in [3.05, 3.63) is 80.8 Å². The molecule has 0 atom stereocenters. The van der Waals surface area contributed by atoms with E-state index in [0.29, 0.717) is 17.5 Å². The van der Waals surface area contributed by atoms with Crippen LogP contribution in [0, 0.1) is 31.0 Å². The monoisotopic (exact) mass is 477 g/mol. The number of amides is 1. The van der Waals surface area contributed by atoms with Gasteiger partial charge in [0.25, 0.3) is 5.91 Å². The number of nitrogens with one attached hydrogen (secondary N) is 1. The van der Waals surface area contributed by atoms with Gasteiger partial charge < -0.3 is 10.4 Å². The molecule has 1 aromatic heterocycles. The number of halogens is 1. The van der Waals surface area contributed by atoms with Crippen molar-refractivity contribution in [1.29, 1.82) is 0 Å². The number of carbonyl (C=O) groups excluding carboxylic acids is 1. The second-order valence-corrected chi connectivity index (χ2v) is 11.4. The normalized spacial score (nSPS) is 23.3. The van der Waals surface area contributed by atoms with Crippen LogP contribution < -0.4 is 5.32 Å². The van der Waals surface area contributed by atoms with E-state index in [2.05, 4.69) is 5.32 Å². The third-order valence-corrected chi connectivity index (χ3v) is 8.60. The van der Waals surface area contributed by atoms with E-state index in [4.69, 9.17) is 5.11 Å². The highest BCUT2D eigenvalue weighted by atomic mass is 32.1. The summed E-state index contributed by atoms with van der Waals surface area (Å²) >= 11 is 1.57. The molecule has 2 N–H and O–H groups in total. The Morgan fingerprint density at radius 3 is 2.38 bits per heavy atom. The lowest BCUT2D eigenvalue weighted by atomic mass is 9.50. The lowest BCUT2D eigenvalue weighted by Crippen LogP contribution is -2.57. The molecule has 0 unspecified atom stereocenters. The van der Waals surface area contributed by atoms with Crippen molar-refractivity contribution in [2.45, 2.75) is 52.0 Å². The summed E-state index contributed by atoms with van der Waals surface area (Å²) in [6.07, 6.45) is 3.49. The average molecular weight is 478 g/mol. The lowest BCUT2D eigenvalue weighted by molar-refractivity contribution is -0.155. The Balaban J connectivity index is 1.29. The average Bonchev–Trinajstić information content (AvgIpc) is 3.03. The molecule has 0 aliphatic heterocycles. The first-order chi connectivity index (χ1) is 16.2. The molecule has 0 bridgehead atoms. The van der Waals surface area contributed by atoms with Crippen LogP contribution in [0.2, 0.25) is 0 Å². The van der Waals surface area contributed by atoms with Crippen LogP contribution in [0.25, 0.3) is 11.1 Å². The van der Waals surface area contributed by atoms with Crippen LogP contribution in [0.5, 0.6) is 0 Å². The van der Waals surface area contributed by atoms with E-state index in [1.807, 2.05) is 56.3 Å². The largest absolute Gasteiger partial charge is 0.481 e. The Morgan fingerprint density at radius 1 is 1.03 bits per heavy atom. The molecule has 1 spiro atoms. The van der Waals surface area contributed by atoms with Crippen LogP contribution in [0.4, 0.5) is 4.39 Å². The Morgan fingerprint density at radius 2 is 1.74 bits per heavy atom. The van der Waals surface area contributed by atoms with Crippen molar-refractivity contribution in [3.8, 4) is 11.1 Å². The van der Waals surface area contributed by atoms with Crippen molar-refractivity contribution in [2.24, 2.45) is 11.3 Å². The molecule has 2 fully saturated rings. The van der Waals surface area contributed by atoms with Crippen molar-refractivity contribution in [2.75, 3.05) is 0 Å². The highest BCUT2D eigenvalue weighted by Crippen LogP contribution is 2.58. The minimum absolute atomic E-state index is 0.0802. The fourth-order valence-corrected chi connectivity index (χ4v) is 6.85. The molecule has 0 saturated heterocycles. The van der Waals surface area contributed by atoms with Gasteiger partial charge in [-0.2, -0.15) is 0 Å². The SMILES string of the molecule is Cc1sc(C)c(C(=O)NC2CC3(C2)CC(C(=O)O)C3)c1Cc1ccc(-c2ccccc2)cc1F. The lowest BCUT2D eigenvalue weighted by Gasteiger charge is -2.56. The molecular weight excluding hydrogens is 449 g/mol. The Bertz CT molecular complexity index is 1250. The first-order valence-electron chi connectivity index (χ1n) is 11.7. The van der Waals surface area contributed by atoms with Gasteiger partial charge in [0.05, 0.1) is 11.5 Å². The number of aryl methyl sites for hydroxylation is 2. The minimum atomic E-state index is -0.712. The molecule has 34 heavy (non-hydrogen) atoms. The fraction of sp³-hybridized carbons (Fsp3) is 0.357. The molecule has 2 aromatic carbocycles. The van der Waals surface area contributed by atoms with Gasteiger partial charge in [0, 0.05) is 22.2 Å². The summed E-state index contributed by atoms with van der Waals surface area (Å²) in [7, 11) is 0. The van der Waals surface area contributed by atoms with Crippen LogP contribution in [0.15, 0.2) is 48.5 Å². The fourth-order valence-electron chi connectivity index (χ4n) is 5.77. The zero-order valence-electron chi connectivity index (χ0n) is 19.4. The van der Waals surface area contributed by atoms with E-state index >= 15 is 4.39 Å². The molecule has 1 heterocycles. The van der Waals surface area contributed by atoms with Crippen LogP contribution in [-0.2, 0) is 11.2 Å². The molecule has 1 amide bonds. The summed E-state index contributed by atoms with van der Waals surface area (Å²) in [5, 5.41) is 12.3. The van der Waals surface area contributed by atoms with Crippen molar-refractivity contribution >= 4 is 23.2 Å². The molecule has 6 heteroatoms. The van der Waals surface area contributed by atoms with Gasteiger partial charge in [0.2, 0.25) is 0 Å². The molecule has 176 valence electrons. The summed E-state index contributed by atoms with van der Waals surface area (Å²) in [4.78, 5) is 26.3. The van der Waals surface area contributed by atoms with E-state index in [1.165, 1.54) is 0 Å². The molecule has 5 rings (SSSR count). The van der Waals surface area contributed by atoms with Crippen LogP contribution in [-0.4, -0.2) is 23.0 Å². The number of carboxylic acid groups (broad SMARTS) is 1. The number of carbonyl (C=O) groups is 2. The number of carboxylic acids is 1. The summed E-state index contributed by atoms with van der Waals surface area (Å²) in [6, 6.07) is 15.1. The standard InChI is InChI=1S/C28H28FNO3S/c1-16-23(10-20-9-8-19(11-24(20)29)18-6-4-3-5-7-18)25(17(2)34-16)26(31)30-22-14-28(15-22)12-21(13-28)27(32)33/h3-9,11,21-22H,10,12-15H2,1-2H3,(H,30,31)(H,32,33). The molecule has 4 nitrogen and oxygen atoms in total. The Kier molecular flexibility index (Phi) is 5.80. The number of benzene rings is 2. The van der Waals surface area contributed by atoms with Crippen molar-refractivity contribution < 1.29 is 19.1 Å². The smallest absolute Gasteiger partial charge is 0.306 e.